The minimum atomic E-state index is 0.221. The zero-order valence-corrected chi connectivity index (χ0v) is 19.1. The van der Waals surface area contributed by atoms with Crippen LogP contribution in [-0.2, 0) is 10.8 Å². The van der Waals surface area contributed by atoms with Crippen molar-refractivity contribution in [3.63, 3.8) is 0 Å². The number of thiazole rings is 1. The van der Waals surface area contributed by atoms with E-state index in [1.165, 1.54) is 34.5 Å². The van der Waals surface area contributed by atoms with Crippen molar-refractivity contribution in [1.82, 2.24) is 15.2 Å². The molecule has 1 aliphatic heterocycles. The van der Waals surface area contributed by atoms with Crippen molar-refractivity contribution in [3.05, 3.63) is 39.7 Å². The van der Waals surface area contributed by atoms with Crippen LogP contribution in [0.1, 0.15) is 69.0 Å². The van der Waals surface area contributed by atoms with Gasteiger partial charge in [0.1, 0.15) is 0 Å². The molecule has 0 amide bonds. The van der Waals surface area contributed by atoms with Crippen molar-refractivity contribution >= 4 is 11.3 Å². The second kappa shape index (κ2) is 8.10. The first-order valence-corrected chi connectivity index (χ1v) is 11.8. The zero-order valence-electron chi connectivity index (χ0n) is 18.3. The van der Waals surface area contributed by atoms with Gasteiger partial charge in [-0.1, -0.05) is 39.8 Å². The lowest BCUT2D eigenvalue weighted by molar-refractivity contribution is 0.194. The van der Waals surface area contributed by atoms with Crippen molar-refractivity contribution in [2.45, 2.75) is 63.7 Å². The summed E-state index contributed by atoms with van der Waals surface area (Å²) in [6.07, 6.45) is 3.57. The van der Waals surface area contributed by atoms with Crippen LogP contribution in [0.5, 0.6) is 0 Å². The average Bonchev–Trinajstić information content (AvgIpc) is 3.06. The summed E-state index contributed by atoms with van der Waals surface area (Å²) >= 11 is 1.79. The largest absolute Gasteiger partial charge is 0.395 e. The molecular formula is C24H35N3OS. The third kappa shape index (κ3) is 4.29. The Morgan fingerprint density at radius 3 is 2.69 bits per heavy atom. The second-order valence-electron chi connectivity index (χ2n) is 10.0. The van der Waals surface area contributed by atoms with Crippen LogP contribution in [0, 0.1) is 0 Å². The molecule has 0 spiro atoms. The molecule has 1 aliphatic carbocycles. The first kappa shape index (κ1) is 21.0. The summed E-state index contributed by atoms with van der Waals surface area (Å²) in [4.78, 5) is 7.34. The van der Waals surface area contributed by atoms with E-state index < -0.39 is 0 Å². The van der Waals surface area contributed by atoms with Crippen LogP contribution in [0.2, 0.25) is 0 Å². The van der Waals surface area contributed by atoms with Crippen LogP contribution in [-0.4, -0.2) is 47.9 Å². The minimum absolute atomic E-state index is 0.221. The van der Waals surface area contributed by atoms with Gasteiger partial charge in [0.25, 0.3) is 0 Å². The number of aliphatic hydroxyl groups excluding tert-OH is 1. The van der Waals surface area contributed by atoms with Gasteiger partial charge < -0.3 is 10.4 Å². The number of hydrogen-bond acceptors (Lipinski definition) is 5. The molecule has 158 valence electrons. The minimum Gasteiger partial charge on any atom is -0.395 e. The number of nitrogens with zero attached hydrogens (tertiary/aromatic N) is 2. The first-order valence-electron chi connectivity index (χ1n) is 10.9. The summed E-state index contributed by atoms with van der Waals surface area (Å²) in [5.74, 6) is 0.449. The normalized spacial score (nSPS) is 24.1. The first-order chi connectivity index (χ1) is 13.8. The summed E-state index contributed by atoms with van der Waals surface area (Å²) in [5.41, 5.74) is 5.84. The molecule has 1 aromatic carbocycles. The van der Waals surface area contributed by atoms with Crippen molar-refractivity contribution < 1.29 is 5.11 Å². The summed E-state index contributed by atoms with van der Waals surface area (Å²) < 4.78 is 0. The topological polar surface area (TPSA) is 48.4 Å². The molecule has 1 saturated heterocycles. The number of benzene rings is 1. The number of fused-ring (bicyclic) bond motifs is 1. The molecule has 2 aliphatic rings. The monoisotopic (exact) mass is 413 g/mol. The number of hydrogen-bond donors (Lipinski definition) is 2. The van der Waals surface area contributed by atoms with Gasteiger partial charge in [0.2, 0.25) is 0 Å². The van der Waals surface area contributed by atoms with E-state index in [4.69, 9.17) is 4.98 Å². The standard InChI is InChI=1S/C24H35N3OS/c1-23(2)8-9-24(3,4)20-13-17(5-6-19(20)23)21-15-29-22(26-21)18-7-10-27(11-12-28)16-25-14-18/h5-6,13,15,18,25,28H,7-12,14,16H2,1-4H3. The Labute approximate surface area is 179 Å². The molecule has 0 saturated carbocycles. The molecule has 1 fully saturated rings. The van der Waals surface area contributed by atoms with E-state index in [1.807, 2.05) is 0 Å². The van der Waals surface area contributed by atoms with Gasteiger partial charge in [-0.15, -0.1) is 11.3 Å². The summed E-state index contributed by atoms with van der Waals surface area (Å²) in [6.45, 7) is 13.3. The van der Waals surface area contributed by atoms with Crippen LogP contribution >= 0.6 is 11.3 Å². The number of β-amino-alcohol motifs (C(OH)–C–C–N with tert-alkyl or cyclic N) is 1. The Kier molecular flexibility index (Phi) is 5.86. The molecule has 0 bridgehead atoms. The molecule has 4 nitrogen and oxygen atoms in total. The van der Waals surface area contributed by atoms with Gasteiger partial charge in [0, 0.05) is 43.2 Å². The van der Waals surface area contributed by atoms with Crippen LogP contribution < -0.4 is 5.32 Å². The molecule has 5 heteroatoms. The molecule has 1 aromatic heterocycles. The lowest BCUT2D eigenvalue weighted by Gasteiger charge is -2.42. The zero-order chi connectivity index (χ0) is 20.6. The highest BCUT2D eigenvalue weighted by molar-refractivity contribution is 7.10. The average molecular weight is 414 g/mol. The van der Waals surface area contributed by atoms with Gasteiger partial charge in [-0.05, 0) is 47.3 Å². The Morgan fingerprint density at radius 1 is 1.17 bits per heavy atom. The lowest BCUT2D eigenvalue weighted by Crippen LogP contribution is -2.34. The number of aliphatic hydroxyl groups is 1. The van der Waals surface area contributed by atoms with Crippen molar-refractivity contribution in [1.29, 1.82) is 0 Å². The fourth-order valence-corrected chi connectivity index (χ4v) is 5.78. The van der Waals surface area contributed by atoms with E-state index in [0.29, 0.717) is 5.92 Å². The smallest absolute Gasteiger partial charge is 0.0976 e. The maximum absolute atomic E-state index is 9.20. The van der Waals surface area contributed by atoms with Gasteiger partial charge in [0.05, 0.1) is 17.3 Å². The molecule has 4 rings (SSSR count). The highest BCUT2D eigenvalue weighted by Gasteiger charge is 2.37. The molecule has 1 atom stereocenters. The van der Waals surface area contributed by atoms with E-state index in [-0.39, 0.29) is 17.4 Å². The van der Waals surface area contributed by atoms with Crippen LogP contribution in [0.4, 0.5) is 0 Å². The predicted octanol–water partition coefficient (Wildman–Crippen LogP) is 4.49. The van der Waals surface area contributed by atoms with Crippen LogP contribution in [0.15, 0.2) is 23.6 Å². The van der Waals surface area contributed by atoms with E-state index in [2.05, 4.69) is 61.5 Å². The molecule has 2 heterocycles. The number of aromatic nitrogens is 1. The predicted molar refractivity (Wildman–Crippen MR) is 122 cm³/mol. The van der Waals surface area contributed by atoms with Crippen molar-refractivity contribution in [2.24, 2.45) is 0 Å². The van der Waals surface area contributed by atoms with Gasteiger partial charge in [-0.2, -0.15) is 0 Å². The molecule has 2 N–H and O–H groups in total. The number of rotatable bonds is 4. The van der Waals surface area contributed by atoms with Crippen LogP contribution in [0.3, 0.4) is 0 Å². The van der Waals surface area contributed by atoms with Crippen molar-refractivity contribution in [2.75, 3.05) is 32.9 Å². The van der Waals surface area contributed by atoms with Gasteiger partial charge in [-0.25, -0.2) is 4.98 Å². The third-order valence-corrected chi connectivity index (χ3v) is 7.96. The van der Waals surface area contributed by atoms with E-state index in [0.717, 1.165) is 38.4 Å². The fraction of sp³-hybridized carbons (Fsp3) is 0.625. The maximum Gasteiger partial charge on any atom is 0.0976 e. The molecule has 0 radical (unpaired) electrons. The van der Waals surface area contributed by atoms with E-state index >= 15 is 0 Å². The highest BCUT2D eigenvalue weighted by atomic mass is 32.1. The highest BCUT2D eigenvalue weighted by Crippen LogP contribution is 2.46. The molecule has 1 unspecified atom stereocenters. The van der Waals surface area contributed by atoms with Crippen molar-refractivity contribution in [3.8, 4) is 11.3 Å². The Hall–Kier alpha value is -1.27. The fourth-order valence-electron chi connectivity index (χ4n) is 4.82. The Morgan fingerprint density at radius 2 is 1.93 bits per heavy atom. The van der Waals surface area contributed by atoms with E-state index in [9.17, 15) is 5.11 Å². The molecule has 29 heavy (non-hydrogen) atoms. The molecular weight excluding hydrogens is 378 g/mol. The summed E-state index contributed by atoms with van der Waals surface area (Å²) in [5, 5.41) is 16.2. The van der Waals surface area contributed by atoms with Gasteiger partial charge in [-0.3, -0.25) is 4.90 Å². The number of nitrogens with one attached hydrogen (secondary N) is 1. The Bertz CT molecular complexity index is 858. The second-order valence-corrected chi connectivity index (χ2v) is 10.9. The van der Waals surface area contributed by atoms with Crippen LogP contribution in [0.25, 0.3) is 11.3 Å². The lowest BCUT2D eigenvalue weighted by atomic mass is 9.63. The van der Waals surface area contributed by atoms with Gasteiger partial charge >= 0.3 is 0 Å². The maximum atomic E-state index is 9.20. The SMILES string of the molecule is CC1(C)CCC(C)(C)c2cc(-c3csc(C4CCN(CCO)CNC4)n3)ccc21. The quantitative estimate of drug-likeness (QED) is 0.775. The molecule has 2 aromatic rings. The van der Waals surface area contributed by atoms with Gasteiger partial charge in [0.15, 0.2) is 0 Å². The Balaban J connectivity index is 1.57. The van der Waals surface area contributed by atoms with E-state index in [1.54, 1.807) is 11.3 Å². The summed E-state index contributed by atoms with van der Waals surface area (Å²) in [7, 11) is 0. The third-order valence-electron chi connectivity index (χ3n) is 6.96. The summed E-state index contributed by atoms with van der Waals surface area (Å²) in [6, 6.07) is 7.03.